The van der Waals surface area contributed by atoms with E-state index in [1.807, 2.05) is 12.1 Å². The Labute approximate surface area is 151 Å². The standard InChI is InChI=1S/C16H16O5.CH4O3S/c1-19-14-9-5-6-11(15(14)20-2)10-21-13-8-4-3-7-12(13)16(17)18;1-5(2,3)4/h3-9H,10H2,1-2H3,(H,17,18);1H3,(H,2,3,4). The van der Waals surface area contributed by atoms with Crippen LogP contribution in [0.2, 0.25) is 0 Å². The van der Waals surface area contributed by atoms with Crippen LogP contribution in [0.15, 0.2) is 42.5 Å². The van der Waals surface area contributed by atoms with Crippen molar-refractivity contribution in [1.29, 1.82) is 0 Å². The molecule has 0 spiro atoms. The van der Waals surface area contributed by atoms with E-state index in [1.54, 1.807) is 38.5 Å². The van der Waals surface area contributed by atoms with E-state index in [4.69, 9.17) is 23.9 Å². The van der Waals surface area contributed by atoms with E-state index >= 15 is 0 Å². The molecule has 2 aromatic carbocycles. The van der Waals surface area contributed by atoms with Crippen molar-refractivity contribution in [1.82, 2.24) is 0 Å². The van der Waals surface area contributed by atoms with Crippen molar-refractivity contribution in [2.45, 2.75) is 6.61 Å². The van der Waals surface area contributed by atoms with Crippen LogP contribution in [-0.2, 0) is 16.7 Å². The lowest BCUT2D eigenvalue weighted by Gasteiger charge is -2.14. The summed E-state index contributed by atoms with van der Waals surface area (Å²) in [5.74, 6) is 0.469. The van der Waals surface area contributed by atoms with Crippen molar-refractivity contribution in [2.24, 2.45) is 0 Å². The van der Waals surface area contributed by atoms with Gasteiger partial charge in [-0.1, -0.05) is 24.3 Å². The summed E-state index contributed by atoms with van der Waals surface area (Å²) in [5.41, 5.74) is 0.899. The number of ether oxygens (including phenoxy) is 3. The molecule has 9 heteroatoms. The Bertz CT molecular complexity index is 838. The van der Waals surface area contributed by atoms with Gasteiger partial charge in [-0.3, -0.25) is 4.55 Å². The first-order valence-electron chi connectivity index (χ1n) is 7.24. The highest BCUT2D eigenvalue weighted by Gasteiger charge is 2.13. The molecule has 0 radical (unpaired) electrons. The van der Waals surface area contributed by atoms with Crippen LogP contribution < -0.4 is 14.2 Å². The van der Waals surface area contributed by atoms with Crippen LogP contribution in [0, 0.1) is 0 Å². The van der Waals surface area contributed by atoms with Gasteiger partial charge in [0, 0.05) is 5.56 Å². The number of carboxylic acids is 1. The summed E-state index contributed by atoms with van der Waals surface area (Å²) >= 11 is 0. The number of carboxylic acid groups (broad SMARTS) is 1. The second-order valence-corrected chi connectivity index (χ2v) is 6.44. The molecule has 2 rings (SSSR count). The average Bonchev–Trinajstić information content (AvgIpc) is 2.58. The van der Waals surface area contributed by atoms with Gasteiger partial charge in [-0.05, 0) is 18.2 Å². The molecule has 26 heavy (non-hydrogen) atoms. The molecule has 0 aliphatic rings. The Morgan fingerprint density at radius 3 is 2.12 bits per heavy atom. The molecule has 0 aliphatic carbocycles. The number of hydrogen-bond donors (Lipinski definition) is 2. The number of benzene rings is 2. The van der Waals surface area contributed by atoms with Crippen LogP contribution in [0.1, 0.15) is 15.9 Å². The maximum Gasteiger partial charge on any atom is 0.339 e. The lowest BCUT2D eigenvalue weighted by atomic mass is 10.2. The lowest BCUT2D eigenvalue weighted by Crippen LogP contribution is -2.04. The monoisotopic (exact) mass is 384 g/mol. The van der Waals surface area contributed by atoms with Crippen molar-refractivity contribution >= 4 is 16.1 Å². The van der Waals surface area contributed by atoms with E-state index in [2.05, 4.69) is 0 Å². The summed E-state index contributed by atoms with van der Waals surface area (Å²) in [4.78, 5) is 11.1. The zero-order valence-corrected chi connectivity index (χ0v) is 15.3. The summed E-state index contributed by atoms with van der Waals surface area (Å²) < 4.78 is 42.0. The van der Waals surface area contributed by atoms with Crippen molar-refractivity contribution in [3.05, 3.63) is 53.6 Å². The number of rotatable bonds is 6. The summed E-state index contributed by atoms with van der Waals surface area (Å²) in [5, 5.41) is 9.12. The Morgan fingerprint density at radius 1 is 1.00 bits per heavy atom. The first-order chi connectivity index (χ1) is 12.2. The lowest BCUT2D eigenvalue weighted by molar-refractivity contribution is 0.0691. The first kappa shape index (κ1) is 21.3. The molecule has 2 N–H and O–H groups in total. The van der Waals surface area contributed by atoms with Crippen LogP contribution >= 0.6 is 0 Å². The van der Waals surface area contributed by atoms with Gasteiger partial charge in [0.2, 0.25) is 0 Å². The topological polar surface area (TPSA) is 119 Å². The van der Waals surface area contributed by atoms with Crippen molar-refractivity contribution in [3.8, 4) is 17.2 Å². The van der Waals surface area contributed by atoms with Crippen LogP contribution in [0.3, 0.4) is 0 Å². The fraction of sp³-hybridized carbons (Fsp3) is 0.235. The van der Waals surface area contributed by atoms with Gasteiger partial charge in [0.05, 0.1) is 20.5 Å². The van der Waals surface area contributed by atoms with E-state index in [-0.39, 0.29) is 12.2 Å². The maximum absolute atomic E-state index is 11.1. The van der Waals surface area contributed by atoms with Gasteiger partial charge in [0.1, 0.15) is 17.9 Å². The maximum atomic E-state index is 11.1. The van der Waals surface area contributed by atoms with E-state index < -0.39 is 16.1 Å². The molecule has 0 bridgehead atoms. The van der Waals surface area contributed by atoms with E-state index in [9.17, 15) is 13.2 Å². The van der Waals surface area contributed by atoms with Gasteiger partial charge in [-0.15, -0.1) is 0 Å². The zero-order chi connectivity index (χ0) is 19.7. The van der Waals surface area contributed by atoms with Crippen molar-refractivity contribution in [2.75, 3.05) is 20.5 Å². The van der Waals surface area contributed by atoms with Gasteiger partial charge >= 0.3 is 5.97 Å². The normalized spacial score (nSPS) is 10.3. The molecule has 0 aliphatic heterocycles. The molecule has 2 aromatic rings. The predicted molar refractivity (Wildman–Crippen MR) is 94.8 cm³/mol. The highest BCUT2D eigenvalue weighted by molar-refractivity contribution is 7.85. The number of carbonyl (C=O) groups is 1. The minimum atomic E-state index is -3.67. The number of hydrogen-bond acceptors (Lipinski definition) is 6. The molecule has 0 saturated heterocycles. The predicted octanol–water partition coefficient (Wildman–Crippen LogP) is 2.49. The molecule has 0 amide bonds. The zero-order valence-electron chi connectivity index (χ0n) is 14.5. The highest BCUT2D eigenvalue weighted by atomic mass is 32.2. The summed E-state index contributed by atoms with van der Waals surface area (Å²) in [6, 6.07) is 11.9. The second kappa shape index (κ2) is 9.64. The SMILES string of the molecule is COc1cccc(COc2ccccc2C(=O)O)c1OC.CS(=O)(=O)O. The number of para-hydroxylation sites is 2. The fourth-order valence-corrected chi connectivity index (χ4v) is 1.99. The van der Waals surface area contributed by atoms with Crippen molar-refractivity contribution in [3.63, 3.8) is 0 Å². The molecule has 0 saturated carbocycles. The third-order valence-corrected chi connectivity index (χ3v) is 2.99. The smallest absolute Gasteiger partial charge is 0.339 e. The molecule has 0 heterocycles. The van der Waals surface area contributed by atoms with Crippen LogP contribution in [-0.4, -0.2) is 44.5 Å². The van der Waals surface area contributed by atoms with E-state index in [0.717, 1.165) is 5.56 Å². The second-order valence-electron chi connectivity index (χ2n) is 4.98. The molecule has 0 aromatic heterocycles. The van der Waals surface area contributed by atoms with Gasteiger partial charge in [0.15, 0.2) is 11.5 Å². The van der Waals surface area contributed by atoms with Crippen LogP contribution in [0.4, 0.5) is 0 Å². The first-order valence-corrected chi connectivity index (χ1v) is 9.09. The van der Waals surface area contributed by atoms with E-state index in [1.165, 1.54) is 6.07 Å². The Kier molecular flexibility index (Phi) is 7.88. The van der Waals surface area contributed by atoms with Crippen LogP contribution in [0.5, 0.6) is 17.2 Å². The number of aromatic carboxylic acids is 1. The minimum Gasteiger partial charge on any atom is -0.493 e. The molecule has 0 atom stereocenters. The molecule has 0 unspecified atom stereocenters. The fourth-order valence-electron chi connectivity index (χ4n) is 1.99. The Morgan fingerprint density at radius 2 is 1.58 bits per heavy atom. The van der Waals surface area contributed by atoms with Crippen LogP contribution in [0.25, 0.3) is 0 Å². The third-order valence-electron chi connectivity index (χ3n) is 2.99. The quantitative estimate of drug-likeness (QED) is 0.729. The van der Waals surface area contributed by atoms with Gasteiger partial charge < -0.3 is 19.3 Å². The number of methoxy groups -OCH3 is 2. The minimum absolute atomic E-state index is 0.124. The summed E-state index contributed by atoms with van der Waals surface area (Å²) in [6.45, 7) is 0.185. The van der Waals surface area contributed by atoms with Crippen molar-refractivity contribution < 1.29 is 37.1 Å². The molecular weight excluding hydrogens is 364 g/mol. The van der Waals surface area contributed by atoms with E-state index in [0.29, 0.717) is 23.5 Å². The Hall–Kier alpha value is -2.78. The largest absolute Gasteiger partial charge is 0.493 e. The molecule has 8 nitrogen and oxygen atoms in total. The third kappa shape index (κ3) is 6.99. The van der Waals surface area contributed by atoms with Gasteiger partial charge in [0.25, 0.3) is 10.1 Å². The molecule has 0 fully saturated rings. The summed E-state index contributed by atoms with van der Waals surface area (Å²) in [7, 11) is -0.561. The Balaban J connectivity index is 0.000000597. The molecule has 142 valence electrons. The van der Waals surface area contributed by atoms with Gasteiger partial charge in [-0.2, -0.15) is 8.42 Å². The van der Waals surface area contributed by atoms with Gasteiger partial charge in [-0.25, -0.2) is 4.79 Å². The summed E-state index contributed by atoms with van der Waals surface area (Å²) in [6.07, 6.45) is 0.715. The average molecular weight is 384 g/mol. The highest BCUT2D eigenvalue weighted by Crippen LogP contribution is 2.31. The molecular formula is C17H20O8S.